The van der Waals surface area contributed by atoms with Gasteiger partial charge in [0.25, 0.3) is 11.8 Å². The second kappa shape index (κ2) is 6.57. The van der Waals surface area contributed by atoms with Gasteiger partial charge in [-0.25, -0.2) is 4.39 Å². The molecule has 0 aliphatic carbocycles. The van der Waals surface area contributed by atoms with Gasteiger partial charge < -0.3 is 9.15 Å². The van der Waals surface area contributed by atoms with E-state index in [-0.39, 0.29) is 18.4 Å². The fourth-order valence-electron chi connectivity index (χ4n) is 1.78. The number of anilines is 1. The fourth-order valence-corrected chi connectivity index (χ4v) is 2.60. The molecule has 0 unspecified atom stereocenters. The van der Waals surface area contributed by atoms with Crippen LogP contribution in [0.15, 0.2) is 40.1 Å². The van der Waals surface area contributed by atoms with Crippen molar-refractivity contribution in [2.75, 3.05) is 11.9 Å². The lowest BCUT2D eigenvalue weighted by atomic mass is 10.3. The summed E-state index contributed by atoms with van der Waals surface area (Å²) in [4.78, 5) is 12.6. The highest BCUT2D eigenvalue weighted by Gasteiger charge is 2.13. The molecule has 3 rings (SSSR count). The predicted molar refractivity (Wildman–Crippen MR) is 82.9 cm³/mol. The van der Waals surface area contributed by atoms with Crippen LogP contribution < -0.4 is 10.1 Å². The Hall–Kier alpha value is -2.74. The smallest absolute Gasteiger partial charge is 0.322 e. The Labute approximate surface area is 134 Å². The van der Waals surface area contributed by atoms with Crippen molar-refractivity contribution < 1.29 is 18.3 Å². The summed E-state index contributed by atoms with van der Waals surface area (Å²) in [7, 11) is 0. The number of para-hydroxylation sites is 1. The third-order valence-electron chi connectivity index (χ3n) is 2.81. The minimum atomic E-state index is -0.534. The highest BCUT2D eigenvalue weighted by atomic mass is 32.1. The van der Waals surface area contributed by atoms with E-state index in [1.807, 2.05) is 18.4 Å². The molecule has 1 aromatic carbocycles. The molecule has 2 aromatic heterocycles. The van der Waals surface area contributed by atoms with Gasteiger partial charge in [0.1, 0.15) is 0 Å². The van der Waals surface area contributed by atoms with Gasteiger partial charge in [0.15, 0.2) is 18.2 Å². The first-order valence-electron chi connectivity index (χ1n) is 6.68. The average Bonchev–Trinajstić information content (AvgIpc) is 3.15. The number of amides is 1. The van der Waals surface area contributed by atoms with Crippen molar-refractivity contribution in [2.45, 2.75) is 6.92 Å². The average molecular weight is 333 g/mol. The van der Waals surface area contributed by atoms with Crippen LogP contribution in [-0.2, 0) is 4.79 Å². The molecule has 0 spiro atoms. The van der Waals surface area contributed by atoms with E-state index in [0.717, 1.165) is 10.4 Å². The second-order valence-corrected chi connectivity index (χ2v) is 5.58. The first-order chi connectivity index (χ1) is 11.1. The van der Waals surface area contributed by atoms with Gasteiger partial charge in [0.05, 0.1) is 4.88 Å². The number of nitrogens with one attached hydrogen (secondary N) is 1. The number of halogens is 1. The maximum absolute atomic E-state index is 13.4. The summed E-state index contributed by atoms with van der Waals surface area (Å²) in [5.41, 5.74) is 1.09. The molecule has 0 saturated heterocycles. The first-order valence-corrected chi connectivity index (χ1v) is 7.56. The number of aryl methyl sites for hydroxylation is 1. The van der Waals surface area contributed by atoms with E-state index in [2.05, 4.69) is 15.5 Å². The topological polar surface area (TPSA) is 77.2 Å². The largest absolute Gasteiger partial charge is 0.481 e. The Bertz CT molecular complexity index is 831. The fraction of sp³-hybridized carbons (Fsp3) is 0.133. The Morgan fingerprint density at radius 3 is 2.96 bits per heavy atom. The van der Waals surface area contributed by atoms with Crippen LogP contribution >= 0.6 is 11.3 Å². The van der Waals surface area contributed by atoms with Crippen LogP contribution in [0, 0.1) is 12.7 Å². The Morgan fingerprint density at radius 2 is 2.22 bits per heavy atom. The Balaban J connectivity index is 1.58. The number of benzene rings is 1. The number of carbonyl (C=O) groups is 1. The lowest BCUT2D eigenvalue weighted by Gasteiger charge is -2.05. The van der Waals surface area contributed by atoms with Crippen LogP contribution in [-0.4, -0.2) is 22.7 Å². The zero-order valence-electron chi connectivity index (χ0n) is 12.1. The molecule has 1 N–H and O–H groups in total. The third kappa shape index (κ3) is 3.72. The van der Waals surface area contributed by atoms with Crippen molar-refractivity contribution in [3.63, 3.8) is 0 Å². The molecule has 8 heteroatoms. The quantitative estimate of drug-likeness (QED) is 0.775. The van der Waals surface area contributed by atoms with Crippen LogP contribution in [0.2, 0.25) is 0 Å². The van der Waals surface area contributed by atoms with Crippen molar-refractivity contribution >= 4 is 23.3 Å². The summed E-state index contributed by atoms with van der Waals surface area (Å²) in [6.07, 6.45) is 0. The monoisotopic (exact) mass is 333 g/mol. The molecule has 0 radical (unpaired) electrons. The maximum atomic E-state index is 13.4. The molecular weight excluding hydrogens is 321 g/mol. The number of aromatic nitrogens is 2. The van der Waals surface area contributed by atoms with Crippen molar-refractivity contribution in [1.29, 1.82) is 0 Å². The van der Waals surface area contributed by atoms with Gasteiger partial charge in [-0.15, -0.1) is 16.4 Å². The molecule has 0 aliphatic heterocycles. The van der Waals surface area contributed by atoms with Crippen LogP contribution in [0.1, 0.15) is 5.56 Å². The van der Waals surface area contributed by atoms with Gasteiger partial charge in [-0.2, -0.15) is 0 Å². The summed E-state index contributed by atoms with van der Waals surface area (Å²) < 4.78 is 23.8. The number of nitrogens with zero attached hydrogens (tertiary/aromatic N) is 2. The number of ether oxygens (including phenoxy) is 1. The molecule has 1 amide bonds. The van der Waals surface area contributed by atoms with Crippen molar-refractivity contribution in [2.24, 2.45) is 0 Å². The summed E-state index contributed by atoms with van der Waals surface area (Å²) in [5, 5.41) is 12.0. The number of carbonyl (C=O) groups excluding carboxylic acids is 1. The molecule has 23 heavy (non-hydrogen) atoms. The normalized spacial score (nSPS) is 10.5. The number of hydrogen-bond acceptors (Lipinski definition) is 6. The van der Waals surface area contributed by atoms with E-state index < -0.39 is 11.7 Å². The van der Waals surface area contributed by atoms with Crippen molar-refractivity contribution in [1.82, 2.24) is 10.2 Å². The van der Waals surface area contributed by atoms with E-state index in [9.17, 15) is 9.18 Å². The molecular formula is C15H12FN3O3S. The predicted octanol–water partition coefficient (Wildman–Crippen LogP) is 3.26. The molecule has 6 nitrogen and oxygen atoms in total. The zero-order chi connectivity index (χ0) is 16.2. The number of rotatable bonds is 5. The minimum absolute atomic E-state index is 0.00271. The van der Waals surface area contributed by atoms with E-state index in [0.29, 0.717) is 5.89 Å². The summed E-state index contributed by atoms with van der Waals surface area (Å²) >= 11 is 1.47. The highest BCUT2D eigenvalue weighted by molar-refractivity contribution is 7.13. The van der Waals surface area contributed by atoms with Crippen molar-refractivity contribution in [3.8, 4) is 16.5 Å². The first kappa shape index (κ1) is 15.2. The number of thiophene rings is 1. The van der Waals surface area contributed by atoms with Crippen LogP contribution in [0.4, 0.5) is 10.4 Å². The Morgan fingerprint density at radius 1 is 1.39 bits per heavy atom. The van der Waals surface area contributed by atoms with Gasteiger partial charge in [-0.3, -0.25) is 10.1 Å². The molecule has 118 valence electrons. The van der Waals surface area contributed by atoms with Gasteiger partial charge >= 0.3 is 6.01 Å². The van der Waals surface area contributed by atoms with Crippen LogP contribution in [0.5, 0.6) is 5.75 Å². The van der Waals surface area contributed by atoms with Gasteiger partial charge in [0, 0.05) is 0 Å². The maximum Gasteiger partial charge on any atom is 0.322 e. The summed E-state index contributed by atoms with van der Waals surface area (Å²) in [5.74, 6) is -0.726. The second-order valence-electron chi connectivity index (χ2n) is 4.67. The van der Waals surface area contributed by atoms with Gasteiger partial charge in [-0.05, 0) is 36.1 Å². The summed E-state index contributed by atoms with van der Waals surface area (Å²) in [6, 6.07) is 7.71. The summed E-state index contributed by atoms with van der Waals surface area (Å²) in [6.45, 7) is 1.59. The highest BCUT2D eigenvalue weighted by Crippen LogP contribution is 2.26. The van der Waals surface area contributed by atoms with Crippen LogP contribution in [0.3, 0.4) is 0 Å². The number of hydrogen-bond donors (Lipinski definition) is 1. The molecule has 0 fully saturated rings. The van der Waals surface area contributed by atoms with Gasteiger partial charge in [0.2, 0.25) is 0 Å². The van der Waals surface area contributed by atoms with E-state index >= 15 is 0 Å². The van der Waals surface area contributed by atoms with E-state index in [1.165, 1.54) is 29.5 Å². The zero-order valence-corrected chi connectivity index (χ0v) is 12.9. The Kier molecular flexibility index (Phi) is 4.33. The molecule has 2 heterocycles. The molecule has 0 saturated carbocycles. The lowest BCUT2D eigenvalue weighted by Crippen LogP contribution is -2.20. The molecule has 3 aromatic rings. The SMILES string of the molecule is Cc1csc(-c2nnc(NC(=O)COc3ccccc3F)o2)c1. The van der Waals surface area contributed by atoms with E-state index in [1.54, 1.807) is 6.07 Å². The minimum Gasteiger partial charge on any atom is -0.481 e. The van der Waals surface area contributed by atoms with Gasteiger partial charge in [-0.1, -0.05) is 17.2 Å². The van der Waals surface area contributed by atoms with E-state index in [4.69, 9.17) is 9.15 Å². The lowest BCUT2D eigenvalue weighted by molar-refractivity contribution is -0.118. The molecule has 0 aliphatic rings. The third-order valence-corrected chi connectivity index (χ3v) is 3.84. The van der Waals surface area contributed by atoms with Crippen molar-refractivity contribution in [3.05, 3.63) is 47.1 Å². The van der Waals surface area contributed by atoms with Crippen LogP contribution in [0.25, 0.3) is 10.8 Å². The molecule has 0 bridgehead atoms. The standard InChI is InChI=1S/C15H12FN3O3S/c1-9-6-12(23-8-9)14-18-19-15(22-14)17-13(20)7-21-11-5-3-2-4-10(11)16/h2-6,8H,7H2,1H3,(H,17,19,20). The molecule has 0 atom stereocenters.